The number of esters is 1. The molecule has 0 fully saturated rings. The van der Waals surface area contributed by atoms with E-state index in [-0.39, 0.29) is 0 Å². The smallest absolute Gasteiger partial charge is 0.407 e. The lowest BCUT2D eigenvalue weighted by Gasteiger charge is -2.21. The third-order valence-corrected chi connectivity index (χ3v) is 1.81. The molecule has 0 aliphatic rings. The van der Waals surface area contributed by atoms with Crippen molar-refractivity contribution in [2.45, 2.75) is 45.1 Å². The molecule has 0 radical (unpaired) electrons. The minimum absolute atomic E-state index is 0.403. The van der Waals surface area contributed by atoms with Crippen molar-refractivity contribution in [2.24, 2.45) is 0 Å². The van der Waals surface area contributed by atoms with Gasteiger partial charge in [-0.05, 0) is 20.8 Å². The highest BCUT2D eigenvalue weighted by Crippen LogP contribution is 2.19. The normalized spacial score (nSPS) is 11.9. The minimum atomic E-state index is -3.18. The second-order valence-corrected chi connectivity index (χ2v) is 4.79. The molecule has 0 rings (SSSR count). The minimum Gasteiger partial charge on any atom is -0.469 e. The molecule has 18 heavy (non-hydrogen) atoms. The van der Waals surface area contributed by atoms with Crippen LogP contribution in [0.15, 0.2) is 0 Å². The van der Waals surface area contributed by atoms with E-state index in [9.17, 15) is 18.4 Å². The standard InChI is InChI=1S/C11H19F2NO4/c1-10(2,3)18-9(16)14-7-11(12,13)6-5-8(15)17-4/h5-7H2,1-4H3,(H,14,16). The highest BCUT2D eigenvalue weighted by Gasteiger charge is 2.31. The molecule has 0 aromatic rings. The van der Waals surface area contributed by atoms with Gasteiger partial charge in [-0.25, -0.2) is 13.6 Å². The highest BCUT2D eigenvalue weighted by atomic mass is 19.3. The maximum atomic E-state index is 13.2. The van der Waals surface area contributed by atoms with Crippen molar-refractivity contribution in [3.63, 3.8) is 0 Å². The van der Waals surface area contributed by atoms with Gasteiger partial charge in [-0.3, -0.25) is 4.79 Å². The first kappa shape index (κ1) is 16.6. The van der Waals surface area contributed by atoms with Gasteiger partial charge in [0.05, 0.1) is 20.1 Å². The van der Waals surface area contributed by atoms with E-state index >= 15 is 0 Å². The lowest BCUT2D eigenvalue weighted by Crippen LogP contribution is -2.40. The molecule has 0 aromatic carbocycles. The fraction of sp³-hybridized carbons (Fsp3) is 0.818. The summed E-state index contributed by atoms with van der Waals surface area (Å²) in [5, 5.41) is 1.96. The molecule has 0 aliphatic carbocycles. The first-order valence-corrected chi connectivity index (χ1v) is 5.47. The summed E-state index contributed by atoms with van der Waals surface area (Å²) < 4.78 is 35.5. The number of carbonyl (C=O) groups excluding carboxylic acids is 2. The number of rotatable bonds is 5. The number of methoxy groups -OCH3 is 1. The Labute approximate surface area is 105 Å². The lowest BCUT2D eigenvalue weighted by molar-refractivity contribution is -0.142. The molecule has 0 aromatic heterocycles. The van der Waals surface area contributed by atoms with Gasteiger partial charge in [-0.1, -0.05) is 0 Å². The second-order valence-electron chi connectivity index (χ2n) is 4.79. The Bertz CT molecular complexity index is 300. The van der Waals surface area contributed by atoms with Gasteiger partial charge in [0, 0.05) is 6.42 Å². The lowest BCUT2D eigenvalue weighted by atomic mass is 10.2. The molecule has 0 atom stereocenters. The second kappa shape index (κ2) is 6.51. The molecule has 0 bridgehead atoms. The molecule has 0 saturated carbocycles. The van der Waals surface area contributed by atoms with Crippen molar-refractivity contribution in [1.29, 1.82) is 0 Å². The van der Waals surface area contributed by atoms with Crippen molar-refractivity contribution in [3.05, 3.63) is 0 Å². The number of hydrogen-bond donors (Lipinski definition) is 1. The quantitative estimate of drug-likeness (QED) is 0.775. The molecule has 106 valence electrons. The molecule has 1 amide bonds. The predicted octanol–water partition coefficient (Wildman–Crippen LogP) is 2.10. The van der Waals surface area contributed by atoms with Crippen molar-refractivity contribution < 1.29 is 27.8 Å². The Morgan fingerprint density at radius 3 is 2.22 bits per heavy atom. The summed E-state index contributed by atoms with van der Waals surface area (Å²) >= 11 is 0. The van der Waals surface area contributed by atoms with E-state index in [1.165, 1.54) is 0 Å². The Morgan fingerprint density at radius 1 is 1.22 bits per heavy atom. The van der Waals surface area contributed by atoms with E-state index in [2.05, 4.69) is 4.74 Å². The zero-order valence-electron chi connectivity index (χ0n) is 11.0. The number of halogens is 2. The Hall–Kier alpha value is -1.40. The van der Waals surface area contributed by atoms with Gasteiger partial charge in [0.15, 0.2) is 0 Å². The van der Waals surface area contributed by atoms with E-state index in [1.807, 2.05) is 5.32 Å². The van der Waals surface area contributed by atoms with Gasteiger partial charge < -0.3 is 14.8 Å². The third-order valence-electron chi connectivity index (χ3n) is 1.81. The number of nitrogens with one attached hydrogen (secondary N) is 1. The third kappa shape index (κ3) is 8.72. The first-order chi connectivity index (χ1) is 8.06. The zero-order valence-corrected chi connectivity index (χ0v) is 11.0. The summed E-state index contributed by atoms with van der Waals surface area (Å²) in [5.74, 6) is -3.89. The van der Waals surface area contributed by atoms with Crippen molar-refractivity contribution in [3.8, 4) is 0 Å². The molecule has 0 aliphatic heterocycles. The fourth-order valence-electron chi connectivity index (χ4n) is 0.991. The van der Waals surface area contributed by atoms with Gasteiger partial charge in [0.2, 0.25) is 0 Å². The Kier molecular flexibility index (Phi) is 6.00. The summed E-state index contributed by atoms with van der Waals surface area (Å²) in [6.45, 7) is 4.00. The number of carbonyl (C=O) groups is 2. The van der Waals surface area contributed by atoms with Crippen LogP contribution in [0.3, 0.4) is 0 Å². The molecule has 1 N–H and O–H groups in total. The van der Waals surface area contributed by atoms with Gasteiger partial charge in [-0.2, -0.15) is 0 Å². The highest BCUT2D eigenvalue weighted by molar-refractivity contribution is 5.69. The maximum Gasteiger partial charge on any atom is 0.407 e. The predicted molar refractivity (Wildman–Crippen MR) is 60.4 cm³/mol. The zero-order chi connectivity index (χ0) is 14.4. The van der Waals surface area contributed by atoms with Crippen LogP contribution in [0.5, 0.6) is 0 Å². The topological polar surface area (TPSA) is 64.6 Å². The van der Waals surface area contributed by atoms with Crippen LogP contribution in [0, 0.1) is 0 Å². The van der Waals surface area contributed by atoms with Crippen LogP contribution in [0.1, 0.15) is 33.6 Å². The van der Waals surface area contributed by atoms with Crippen LogP contribution in [-0.2, 0) is 14.3 Å². The van der Waals surface area contributed by atoms with Crippen molar-refractivity contribution in [1.82, 2.24) is 5.32 Å². The van der Waals surface area contributed by atoms with Crippen molar-refractivity contribution >= 4 is 12.1 Å². The largest absolute Gasteiger partial charge is 0.469 e. The molecule has 7 heteroatoms. The molecule has 0 unspecified atom stereocenters. The number of alkyl halides is 2. The number of hydrogen-bond acceptors (Lipinski definition) is 4. The molecule has 0 heterocycles. The van der Waals surface area contributed by atoms with E-state index in [0.717, 1.165) is 7.11 Å². The van der Waals surface area contributed by atoms with Gasteiger partial charge in [0.1, 0.15) is 5.60 Å². The summed E-state index contributed by atoms with van der Waals surface area (Å²) in [4.78, 5) is 21.9. The molecular weight excluding hydrogens is 248 g/mol. The number of alkyl carbamates (subject to hydrolysis) is 1. The summed E-state index contributed by atoms with van der Waals surface area (Å²) in [6.07, 6.45) is -2.00. The summed E-state index contributed by atoms with van der Waals surface area (Å²) in [6, 6.07) is 0. The van der Waals surface area contributed by atoms with Crippen LogP contribution in [0.25, 0.3) is 0 Å². The Morgan fingerprint density at radius 2 is 1.78 bits per heavy atom. The maximum absolute atomic E-state index is 13.2. The van der Waals surface area contributed by atoms with E-state index in [4.69, 9.17) is 4.74 Å². The van der Waals surface area contributed by atoms with Crippen molar-refractivity contribution in [2.75, 3.05) is 13.7 Å². The summed E-state index contributed by atoms with van der Waals surface area (Å²) in [5.41, 5.74) is -0.745. The van der Waals surface area contributed by atoms with Crippen LogP contribution >= 0.6 is 0 Å². The number of amides is 1. The van der Waals surface area contributed by atoms with Gasteiger partial charge >= 0.3 is 12.1 Å². The molecule has 0 saturated heterocycles. The van der Waals surface area contributed by atoms with E-state index in [1.54, 1.807) is 20.8 Å². The average Bonchev–Trinajstić information content (AvgIpc) is 2.21. The Balaban J connectivity index is 4.03. The van der Waals surface area contributed by atoms with Crippen LogP contribution < -0.4 is 5.32 Å². The van der Waals surface area contributed by atoms with Crippen LogP contribution in [-0.4, -0.2) is 37.2 Å². The first-order valence-electron chi connectivity index (χ1n) is 5.47. The van der Waals surface area contributed by atoms with E-state index in [0.29, 0.717) is 0 Å². The summed E-state index contributed by atoms with van der Waals surface area (Å²) in [7, 11) is 1.12. The molecule has 0 spiro atoms. The SMILES string of the molecule is COC(=O)CCC(F)(F)CNC(=O)OC(C)(C)C. The number of ether oxygens (including phenoxy) is 2. The van der Waals surface area contributed by atoms with Crippen LogP contribution in [0.2, 0.25) is 0 Å². The van der Waals surface area contributed by atoms with Gasteiger partial charge in [0.25, 0.3) is 5.92 Å². The van der Waals surface area contributed by atoms with Crippen LogP contribution in [0.4, 0.5) is 13.6 Å². The molecular formula is C11H19F2NO4. The molecule has 5 nitrogen and oxygen atoms in total. The van der Waals surface area contributed by atoms with Gasteiger partial charge in [-0.15, -0.1) is 0 Å². The van der Waals surface area contributed by atoms with E-state index < -0.39 is 43.0 Å². The monoisotopic (exact) mass is 267 g/mol. The average molecular weight is 267 g/mol. The fourth-order valence-corrected chi connectivity index (χ4v) is 0.991.